The van der Waals surface area contributed by atoms with Gasteiger partial charge in [-0.05, 0) is 23.8 Å². The van der Waals surface area contributed by atoms with Crippen LogP contribution in [0.5, 0.6) is 0 Å². The zero-order chi connectivity index (χ0) is 14.3. The summed E-state index contributed by atoms with van der Waals surface area (Å²) in [5.74, 6) is 0.371. The lowest BCUT2D eigenvalue weighted by Crippen LogP contribution is -2.37. The summed E-state index contributed by atoms with van der Waals surface area (Å²) in [6.45, 7) is 0.349. The second-order valence-corrected chi connectivity index (χ2v) is 5.67. The molecule has 2 aromatic heterocycles. The van der Waals surface area contributed by atoms with Crippen LogP contribution in [0.2, 0.25) is 5.15 Å². The van der Waals surface area contributed by atoms with Gasteiger partial charge in [0, 0.05) is 6.54 Å². The van der Waals surface area contributed by atoms with Gasteiger partial charge in [0.15, 0.2) is 0 Å². The van der Waals surface area contributed by atoms with Crippen molar-refractivity contribution >= 4 is 45.1 Å². The molecule has 0 spiro atoms. The van der Waals surface area contributed by atoms with Crippen molar-refractivity contribution in [2.24, 2.45) is 5.73 Å². The van der Waals surface area contributed by atoms with E-state index in [1.165, 1.54) is 17.7 Å². The van der Waals surface area contributed by atoms with E-state index in [0.717, 1.165) is 20.7 Å². The summed E-state index contributed by atoms with van der Waals surface area (Å²) in [7, 11) is 0. The van der Waals surface area contributed by atoms with E-state index in [-0.39, 0.29) is 5.91 Å². The highest BCUT2D eigenvalue weighted by atomic mass is 35.5. The summed E-state index contributed by atoms with van der Waals surface area (Å²) >= 11 is 7.44. The predicted molar refractivity (Wildman–Crippen MR) is 75.3 cm³/mol. The van der Waals surface area contributed by atoms with Gasteiger partial charge in [-0.1, -0.05) is 11.6 Å². The first-order chi connectivity index (χ1) is 9.58. The molecule has 2 aromatic rings. The molecule has 1 radical (unpaired) electrons. The average molecular weight is 310 g/mol. The standard InChI is InChI=1S/C12H10ClN4O2S/c13-10-9-8(15-5-16-10)7(4-20-9)3-6-1-2-17(11(6)18)12(14)19/h4-5H,1-3H2,(H2,14,19). The number of nitrogens with zero attached hydrogens (tertiary/aromatic N) is 3. The highest BCUT2D eigenvalue weighted by molar-refractivity contribution is 7.18. The number of primary amides is 1. The first-order valence-electron chi connectivity index (χ1n) is 5.90. The van der Waals surface area contributed by atoms with Crippen LogP contribution < -0.4 is 5.73 Å². The molecule has 0 bridgehead atoms. The van der Waals surface area contributed by atoms with Crippen LogP contribution in [-0.4, -0.2) is 33.4 Å². The summed E-state index contributed by atoms with van der Waals surface area (Å²) in [5.41, 5.74) is 6.83. The summed E-state index contributed by atoms with van der Waals surface area (Å²) in [5, 5.41) is 2.33. The molecule has 0 atom stereocenters. The van der Waals surface area contributed by atoms with Crippen molar-refractivity contribution in [1.82, 2.24) is 14.9 Å². The smallest absolute Gasteiger partial charge is 0.321 e. The Morgan fingerprint density at radius 2 is 2.30 bits per heavy atom. The minimum absolute atomic E-state index is 0.294. The van der Waals surface area contributed by atoms with Crippen LogP contribution in [0.25, 0.3) is 10.2 Å². The number of rotatable bonds is 2. The lowest BCUT2D eigenvalue weighted by atomic mass is 9.99. The molecule has 3 rings (SSSR count). The SMILES string of the molecule is NC(=O)N1CC[C](Cc2csc3c(Cl)ncnc23)C1=O. The Balaban J connectivity index is 1.86. The van der Waals surface area contributed by atoms with Crippen molar-refractivity contribution in [3.8, 4) is 0 Å². The summed E-state index contributed by atoms with van der Waals surface area (Å²) < 4.78 is 0.807. The number of fused-ring (bicyclic) bond motifs is 1. The van der Waals surface area contributed by atoms with Gasteiger partial charge in [0.2, 0.25) is 5.91 Å². The fourth-order valence-electron chi connectivity index (χ4n) is 2.25. The number of carbonyl (C=O) groups is 2. The molecule has 0 aromatic carbocycles. The van der Waals surface area contributed by atoms with Gasteiger partial charge in [0.25, 0.3) is 0 Å². The van der Waals surface area contributed by atoms with Crippen molar-refractivity contribution in [3.63, 3.8) is 0 Å². The lowest BCUT2D eigenvalue weighted by molar-refractivity contribution is -0.123. The van der Waals surface area contributed by atoms with Crippen LogP contribution in [0.1, 0.15) is 12.0 Å². The minimum Gasteiger partial charge on any atom is -0.351 e. The van der Waals surface area contributed by atoms with E-state index < -0.39 is 6.03 Å². The Labute approximate surface area is 123 Å². The van der Waals surface area contributed by atoms with Crippen molar-refractivity contribution < 1.29 is 9.59 Å². The Morgan fingerprint density at radius 3 is 3.00 bits per heavy atom. The maximum atomic E-state index is 12.0. The molecule has 1 fully saturated rings. The van der Waals surface area contributed by atoms with Crippen LogP contribution in [-0.2, 0) is 11.2 Å². The second-order valence-electron chi connectivity index (χ2n) is 4.43. The number of hydrogen-bond donors (Lipinski definition) is 1. The van der Waals surface area contributed by atoms with E-state index in [9.17, 15) is 9.59 Å². The highest BCUT2D eigenvalue weighted by Gasteiger charge is 2.35. The van der Waals surface area contributed by atoms with Crippen molar-refractivity contribution in [3.05, 3.63) is 28.3 Å². The second kappa shape index (κ2) is 4.99. The Morgan fingerprint density at radius 1 is 1.50 bits per heavy atom. The number of hydrogen-bond acceptors (Lipinski definition) is 5. The van der Waals surface area contributed by atoms with Gasteiger partial charge in [0.05, 0.1) is 16.1 Å². The zero-order valence-corrected chi connectivity index (χ0v) is 11.9. The number of urea groups is 1. The minimum atomic E-state index is -0.703. The van der Waals surface area contributed by atoms with E-state index in [4.69, 9.17) is 17.3 Å². The maximum absolute atomic E-state index is 12.0. The first kappa shape index (κ1) is 13.3. The van der Waals surface area contributed by atoms with E-state index in [0.29, 0.717) is 30.5 Å². The highest BCUT2D eigenvalue weighted by Crippen LogP contribution is 2.32. The molecule has 1 aliphatic rings. The third kappa shape index (κ3) is 2.12. The van der Waals surface area contributed by atoms with Gasteiger partial charge >= 0.3 is 6.03 Å². The number of amides is 3. The molecular weight excluding hydrogens is 300 g/mol. The number of thiophene rings is 1. The van der Waals surface area contributed by atoms with Crippen LogP contribution in [0.4, 0.5) is 4.79 Å². The maximum Gasteiger partial charge on any atom is 0.321 e. The Kier molecular flexibility index (Phi) is 3.31. The molecule has 0 saturated carbocycles. The molecule has 0 aliphatic carbocycles. The van der Waals surface area contributed by atoms with E-state index in [1.807, 2.05) is 5.38 Å². The Bertz CT molecular complexity index is 702. The summed E-state index contributed by atoms with van der Waals surface area (Å²) in [6, 6.07) is -0.703. The van der Waals surface area contributed by atoms with Crippen molar-refractivity contribution in [2.45, 2.75) is 12.8 Å². The molecule has 103 valence electrons. The number of halogens is 1. The molecule has 2 N–H and O–H groups in total. The van der Waals surface area contributed by atoms with Crippen molar-refractivity contribution in [2.75, 3.05) is 6.54 Å². The molecule has 6 nitrogen and oxygen atoms in total. The number of likely N-dealkylation sites (tertiary alicyclic amines) is 1. The third-order valence-corrected chi connectivity index (χ3v) is 4.66. The van der Waals surface area contributed by atoms with Crippen LogP contribution >= 0.6 is 22.9 Å². The molecular formula is C12H10ClN4O2S. The fourth-order valence-corrected chi connectivity index (χ4v) is 3.41. The van der Waals surface area contributed by atoms with Gasteiger partial charge in [-0.25, -0.2) is 14.8 Å². The number of imide groups is 1. The van der Waals surface area contributed by atoms with Crippen LogP contribution in [0.3, 0.4) is 0 Å². The fraction of sp³-hybridized carbons (Fsp3) is 0.250. The normalized spacial score (nSPS) is 16.2. The third-order valence-electron chi connectivity index (χ3n) is 3.24. The molecule has 8 heteroatoms. The Hall–Kier alpha value is -1.73. The summed E-state index contributed by atoms with van der Waals surface area (Å²) in [4.78, 5) is 32.3. The molecule has 3 heterocycles. The summed E-state index contributed by atoms with van der Waals surface area (Å²) in [6.07, 6.45) is 2.39. The topological polar surface area (TPSA) is 89.2 Å². The first-order valence-corrected chi connectivity index (χ1v) is 7.16. The quantitative estimate of drug-likeness (QED) is 0.856. The number of carbonyl (C=O) groups excluding carboxylic acids is 2. The van der Waals surface area contributed by atoms with Gasteiger partial charge in [-0.15, -0.1) is 11.3 Å². The number of nitrogens with two attached hydrogens (primary N) is 1. The molecule has 0 unspecified atom stereocenters. The van der Waals surface area contributed by atoms with E-state index in [1.54, 1.807) is 0 Å². The zero-order valence-electron chi connectivity index (χ0n) is 10.3. The van der Waals surface area contributed by atoms with Crippen LogP contribution in [0, 0.1) is 5.92 Å². The van der Waals surface area contributed by atoms with Crippen molar-refractivity contribution in [1.29, 1.82) is 0 Å². The largest absolute Gasteiger partial charge is 0.351 e. The monoisotopic (exact) mass is 309 g/mol. The van der Waals surface area contributed by atoms with Gasteiger partial charge in [-0.3, -0.25) is 9.69 Å². The van der Waals surface area contributed by atoms with E-state index >= 15 is 0 Å². The molecule has 3 amide bonds. The molecule has 20 heavy (non-hydrogen) atoms. The van der Waals surface area contributed by atoms with Gasteiger partial charge in [0.1, 0.15) is 11.5 Å². The van der Waals surface area contributed by atoms with Gasteiger partial charge in [-0.2, -0.15) is 0 Å². The predicted octanol–water partition coefficient (Wildman–Crippen LogP) is 1.77. The average Bonchev–Trinajstić information content (AvgIpc) is 2.97. The van der Waals surface area contributed by atoms with Gasteiger partial charge < -0.3 is 5.73 Å². The van der Waals surface area contributed by atoms with Crippen LogP contribution in [0.15, 0.2) is 11.7 Å². The number of aromatic nitrogens is 2. The molecule has 1 saturated heterocycles. The van der Waals surface area contributed by atoms with E-state index in [2.05, 4.69) is 9.97 Å². The molecule has 1 aliphatic heterocycles. The lowest BCUT2D eigenvalue weighted by Gasteiger charge is -2.10.